The molecular formula is C16H21N3. The van der Waals surface area contributed by atoms with Crippen LogP contribution in [0.1, 0.15) is 33.1 Å². The van der Waals surface area contributed by atoms with Gasteiger partial charge in [0.05, 0.1) is 6.20 Å². The Morgan fingerprint density at radius 3 is 2.79 bits per heavy atom. The summed E-state index contributed by atoms with van der Waals surface area (Å²) < 4.78 is 0. The van der Waals surface area contributed by atoms with E-state index in [9.17, 15) is 0 Å². The summed E-state index contributed by atoms with van der Waals surface area (Å²) >= 11 is 0. The van der Waals surface area contributed by atoms with E-state index in [-0.39, 0.29) is 0 Å². The Labute approximate surface area is 114 Å². The molecule has 100 valence electrons. The third-order valence-electron chi connectivity index (χ3n) is 4.51. The largest absolute Gasteiger partial charge is 0.365 e. The average molecular weight is 255 g/mol. The number of benzene rings is 1. The van der Waals surface area contributed by atoms with Crippen LogP contribution in [0.3, 0.4) is 0 Å². The minimum atomic E-state index is 0.534. The molecule has 1 aromatic carbocycles. The highest BCUT2D eigenvalue weighted by molar-refractivity contribution is 5.90. The molecule has 0 amide bonds. The summed E-state index contributed by atoms with van der Waals surface area (Å²) in [7, 11) is 0. The van der Waals surface area contributed by atoms with E-state index in [2.05, 4.69) is 47.6 Å². The first kappa shape index (κ1) is 12.4. The lowest BCUT2D eigenvalue weighted by Crippen LogP contribution is -2.30. The van der Waals surface area contributed by atoms with Crippen LogP contribution >= 0.6 is 0 Å². The van der Waals surface area contributed by atoms with Crippen molar-refractivity contribution in [3.8, 4) is 0 Å². The molecule has 0 spiro atoms. The maximum atomic E-state index is 4.28. The van der Waals surface area contributed by atoms with Gasteiger partial charge in [-0.3, -0.25) is 0 Å². The first-order valence-electron chi connectivity index (χ1n) is 7.21. The highest BCUT2D eigenvalue weighted by Gasteiger charge is 2.24. The van der Waals surface area contributed by atoms with Gasteiger partial charge in [0.15, 0.2) is 5.82 Å². The summed E-state index contributed by atoms with van der Waals surface area (Å²) in [4.78, 5) is 0. The lowest BCUT2D eigenvalue weighted by Gasteiger charge is -2.32. The van der Waals surface area contributed by atoms with Gasteiger partial charge in [0.25, 0.3) is 0 Å². The average Bonchev–Trinajstić information content (AvgIpc) is 2.43. The van der Waals surface area contributed by atoms with Crippen molar-refractivity contribution in [1.29, 1.82) is 0 Å². The van der Waals surface area contributed by atoms with Crippen molar-refractivity contribution >= 4 is 16.6 Å². The van der Waals surface area contributed by atoms with Crippen LogP contribution in [0.4, 0.5) is 5.82 Å². The van der Waals surface area contributed by atoms with E-state index in [1.807, 2.05) is 12.3 Å². The van der Waals surface area contributed by atoms with Gasteiger partial charge in [-0.15, -0.1) is 5.10 Å². The Bertz CT molecular complexity index is 561. The Kier molecular flexibility index (Phi) is 3.36. The molecule has 3 nitrogen and oxygen atoms in total. The van der Waals surface area contributed by atoms with Gasteiger partial charge in [-0.2, -0.15) is 5.10 Å². The van der Waals surface area contributed by atoms with E-state index in [0.29, 0.717) is 6.04 Å². The maximum Gasteiger partial charge on any atom is 0.156 e. The second kappa shape index (κ2) is 5.16. The zero-order chi connectivity index (χ0) is 13.2. The number of fused-ring (bicyclic) bond motifs is 1. The Morgan fingerprint density at radius 1 is 1.11 bits per heavy atom. The van der Waals surface area contributed by atoms with Crippen molar-refractivity contribution in [2.24, 2.45) is 11.8 Å². The van der Waals surface area contributed by atoms with E-state index in [0.717, 1.165) is 23.0 Å². The molecule has 1 aromatic heterocycles. The van der Waals surface area contributed by atoms with Crippen LogP contribution in [0.5, 0.6) is 0 Å². The minimum Gasteiger partial charge on any atom is -0.365 e. The second-order valence-electron chi connectivity index (χ2n) is 5.89. The molecule has 19 heavy (non-hydrogen) atoms. The highest BCUT2D eigenvalue weighted by Crippen LogP contribution is 2.31. The van der Waals surface area contributed by atoms with Crippen molar-refractivity contribution in [3.63, 3.8) is 0 Å². The summed E-state index contributed by atoms with van der Waals surface area (Å²) in [6, 6.07) is 8.83. The summed E-state index contributed by atoms with van der Waals surface area (Å²) in [6.45, 7) is 4.71. The second-order valence-corrected chi connectivity index (χ2v) is 5.89. The summed E-state index contributed by atoms with van der Waals surface area (Å²) in [5.74, 6) is 2.57. The fraction of sp³-hybridized carbons (Fsp3) is 0.500. The van der Waals surface area contributed by atoms with Gasteiger partial charge in [-0.1, -0.05) is 38.1 Å². The molecule has 3 atom stereocenters. The summed E-state index contributed by atoms with van der Waals surface area (Å²) in [5.41, 5.74) is 0. The summed E-state index contributed by atoms with van der Waals surface area (Å²) in [5, 5.41) is 14.3. The zero-order valence-corrected chi connectivity index (χ0v) is 11.6. The summed E-state index contributed by atoms with van der Waals surface area (Å²) in [6.07, 6.45) is 5.59. The van der Waals surface area contributed by atoms with Crippen LogP contribution in [0.15, 0.2) is 30.5 Å². The smallest absolute Gasteiger partial charge is 0.156 e. The molecule has 1 fully saturated rings. The van der Waals surface area contributed by atoms with E-state index >= 15 is 0 Å². The van der Waals surface area contributed by atoms with Gasteiger partial charge in [0.1, 0.15) is 0 Å². The van der Waals surface area contributed by atoms with Crippen LogP contribution < -0.4 is 5.32 Å². The van der Waals surface area contributed by atoms with Gasteiger partial charge in [-0.05, 0) is 31.1 Å². The molecule has 2 aromatic rings. The molecule has 1 aliphatic carbocycles. The van der Waals surface area contributed by atoms with Gasteiger partial charge in [0, 0.05) is 16.8 Å². The van der Waals surface area contributed by atoms with Crippen LogP contribution in [0, 0.1) is 11.8 Å². The normalized spacial score (nSPS) is 27.4. The minimum absolute atomic E-state index is 0.534. The monoisotopic (exact) mass is 255 g/mol. The zero-order valence-electron chi connectivity index (χ0n) is 11.6. The fourth-order valence-corrected chi connectivity index (χ4v) is 3.01. The Balaban J connectivity index is 1.82. The molecule has 3 heteroatoms. The molecule has 1 saturated carbocycles. The molecule has 0 saturated heterocycles. The van der Waals surface area contributed by atoms with Crippen LogP contribution in [-0.4, -0.2) is 16.2 Å². The van der Waals surface area contributed by atoms with Crippen LogP contribution in [0.25, 0.3) is 10.8 Å². The first-order valence-corrected chi connectivity index (χ1v) is 7.21. The number of hydrogen-bond donors (Lipinski definition) is 1. The molecule has 0 radical (unpaired) electrons. The first-order chi connectivity index (χ1) is 9.24. The van der Waals surface area contributed by atoms with Crippen LogP contribution in [0.2, 0.25) is 0 Å². The van der Waals surface area contributed by atoms with Crippen LogP contribution in [-0.2, 0) is 0 Å². The van der Waals surface area contributed by atoms with E-state index < -0.39 is 0 Å². The quantitative estimate of drug-likeness (QED) is 0.885. The Morgan fingerprint density at radius 2 is 1.95 bits per heavy atom. The molecule has 1 heterocycles. The number of hydrogen-bond acceptors (Lipinski definition) is 3. The number of nitrogens with one attached hydrogen (secondary N) is 1. The molecular weight excluding hydrogens is 234 g/mol. The molecule has 0 bridgehead atoms. The van der Waals surface area contributed by atoms with E-state index in [1.165, 1.54) is 24.6 Å². The fourth-order valence-electron chi connectivity index (χ4n) is 3.01. The van der Waals surface area contributed by atoms with Crippen molar-refractivity contribution in [2.75, 3.05) is 5.32 Å². The molecule has 1 N–H and O–H groups in total. The lowest BCUT2D eigenvalue weighted by atomic mass is 9.79. The topological polar surface area (TPSA) is 37.8 Å². The molecule has 3 rings (SSSR count). The van der Waals surface area contributed by atoms with Gasteiger partial charge < -0.3 is 5.32 Å². The maximum absolute atomic E-state index is 4.28. The third-order valence-corrected chi connectivity index (χ3v) is 4.51. The van der Waals surface area contributed by atoms with Crippen molar-refractivity contribution in [2.45, 2.75) is 39.2 Å². The number of aromatic nitrogens is 2. The number of nitrogens with zero attached hydrogens (tertiary/aromatic N) is 2. The Hall–Kier alpha value is -1.64. The predicted octanol–water partition coefficient (Wildman–Crippen LogP) is 3.87. The van der Waals surface area contributed by atoms with Gasteiger partial charge in [0.2, 0.25) is 0 Å². The van der Waals surface area contributed by atoms with Crippen molar-refractivity contribution < 1.29 is 0 Å². The third kappa shape index (κ3) is 2.55. The molecule has 1 aliphatic rings. The number of rotatable bonds is 2. The highest BCUT2D eigenvalue weighted by atomic mass is 15.2. The molecule has 3 unspecified atom stereocenters. The molecule has 0 aliphatic heterocycles. The number of anilines is 1. The van der Waals surface area contributed by atoms with E-state index in [1.54, 1.807) is 0 Å². The van der Waals surface area contributed by atoms with Crippen molar-refractivity contribution in [3.05, 3.63) is 30.5 Å². The standard InChI is InChI=1S/C16H21N3/c1-11-7-8-14(9-12(11)2)18-16-15-6-4-3-5-13(15)10-17-19-16/h3-6,10-12,14H,7-9H2,1-2H3,(H,18,19). The predicted molar refractivity (Wildman–Crippen MR) is 79.1 cm³/mol. The lowest BCUT2D eigenvalue weighted by molar-refractivity contribution is 0.260. The van der Waals surface area contributed by atoms with Gasteiger partial charge in [-0.25, -0.2) is 0 Å². The van der Waals surface area contributed by atoms with E-state index in [4.69, 9.17) is 0 Å². The van der Waals surface area contributed by atoms with Gasteiger partial charge >= 0.3 is 0 Å². The SMILES string of the molecule is CC1CCC(Nc2nncc3ccccc23)CC1C. The van der Waals surface area contributed by atoms with Crippen molar-refractivity contribution in [1.82, 2.24) is 10.2 Å².